The third kappa shape index (κ3) is 3.35. The van der Waals surface area contributed by atoms with Crippen molar-refractivity contribution in [1.82, 2.24) is 9.80 Å². The molecule has 3 nitrogen and oxygen atoms in total. The Morgan fingerprint density at radius 1 is 1.15 bits per heavy atom. The zero-order valence-electron chi connectivity index (χ0n) is 9.88. The van der Waals surface area contributed by atoms with Gasteiger partial charge in [0.25, 0.3) is 0 Å². The molecule has 78 valence electrons. The van der Waals surface area contributed by atoms with Crippen LogP contribution in [0.3, 0.4) is 0 Å². The summed E-state index contributed by atoms with van der Waals surface area (Å²) >= 11 is 0. The number of likely N-dealkylation sites (N-methyl/N-ethyl adjacent to an activating group) is 2. The van der Waals surface area contributed by atoms with Crippen molar-refractivity contribution in [3.05, 3.63) is 0 Å². The molecular weight excluding hydrogens is 164 g/mol. The number of carbonyl (C=O) groups excluding carboxylic acids is 1. The van der Waals surface area contributed by atoms with Crippen LogP contribution >= 0.6 is 0 Å². The van der Waals surface area contributed by atoms with Crippen LogP contribution in [0.25, 0.3) is 0 Å². The Kier molecular flexibility index (Phi) is 3.91. The molecule has 1 unspecified atom stereocenters. The molecule has 0 aliphatic rings. The third-order valence-electron chi connectivity index (χ3n) is 2.44. The molecule has 1 amide bonds. The molecule has 0 aromatic heterocycles. The molecule has 0 saturated carbocycles. The number of hydrogen-bond acceptors (Lipinski definition) is 2. The molecule has 0 aliphatic heterocycles. The second-order valence-corrected chi connectivity index (χ2v) is 4.69. The Hall–Kier alpha value is -0.570. The number of nitrogens with zero attached hydrogens (tertiary/aromatic N) is 2. The summed E-state index contributed by atoms with van der Waals surface area (Å²) in [7, 11) is 5.55. The van der Waals surface area contributed by atoms with Crippen LogP contribution in [-0.4, -0.2) is 48.4 Å². The van der Waals surface area contributed by atoms with Gasteiger partial charge in [0.05, 0.1) is 6.04 Å². The van der Waals surface area contributed by atoms with E-state index in [0.29, 0.717) is 0 Å². The summed E-state index contributed by atoms with van der Waals surface area (Å²) in [4.78, 5) is 15.3. The van der Waals surface area contributed by atoms with Gasteiger partial charge in [-0.25, -0.2) is 0 Å². The summed E-state index contributed by atoms with van der Waals surface area (Å²) in [6, 6.07) is -0.0602. The van der Waals surface area contributed by atoms with Crippen molar-refractivity contribution in [2.24, 2.45) is 0 Å². The van der Waals surface area contributed by atoms with Crippen LogP contribution < -0.4 is 0 Å². The quantitative estimate of drug-likeness (QED) is 0.647. The van der Waals surface area contributed by atoms with E-state index in [0.717, 1.165) is 0 Å². The molecule has 0 aromatic carbocycles. The zero-order valence-corrected chi connectivity index (χ0v) is 9.88. The minimum atomic E-state index is -0.0602. The number of carbonyl (C=O) groups is 1. The maximum Gasteiger partial charge on any atom is 0.239 e. The molecule has 0 fully saturated rings. The molecule has 13 heavy (non-hydrogen) atoms. The SMILES string of the molecule is CC(C(=O)N(C)C)N(C)C(C)(C)C. The van der Waals surface area contributed by atoms with Crippen molar-refractivity contribution in [1.29, 1.82) is 0 Å². The summed E-state index contributed by atoms with van der Waals surface area (Å²) in [5, 5.41) is 0. The fourth-order valence-corrected chi connectivity index (χ4v) is 1.12. The number of rotatable bonds is 2. The average Bonchev–Trinajstić information content (AvgIpc) is 1.98. The van der Waals surface area contributed by atoms with Gasteiger partial charge in [0.2, 0.25) is 5.91 Å². The van der Waals surface area contributed by atoms with E-state index in [2.05, 4.69) is 25.7 Å². The molecule has 0 aliphatic carbocycles. The van der Waals surface area contributed by atoms with Gasteiger partial charge >= 0.3 is 0 Å². The molecule has 1 atom stereocenters. The first-order valence-corrected chi connectivity index (χ1v) is 4.62. The topological polar surface area (TPSA) is 23.6 Å². The molecule has 0 saturated heterocycles. The van der Waals surface area contributed by atoms with Crippen LogP contribution in [-0.2, 0) is 4.79 Å². The van der Waals surface area contributed by atoms with Crippen molar-refractivity contribution < 1.29 is 4.79 Å². The highest BCUT2D eigenvalue weighted by Crippen LogP contribution is 2.14. The van der Waals surface area contributed by atoms with Crippen molar-refractivity contribution >= 4 is 5.91 Å². The standard InChI is InChI=1S/C10H22N2O/c1-8(9(13)11(5)6)12(7)10(2,3)4/h8H,1-7H3. The highest BCUT2D eigenvalue weighted by Gasteiger charge is 2.27. The summed E-state index contributed by atoms with van der Waals surface area (Å²) in [6.45, 7) is 8.25. The van der Waals surface area contributed by atoms with Crippen molar-refractivity contribution in [2.45, 2.75) is 39.3 Å². The van der Waals surface area contributed by atoms with Gasteiger partial charge in [0.15, 0.2) is 0 Å². The van der Waals surface area contributed by atoms with Crippen molar-refractivity contribution in [2.75, 3.05) is 21.1 Å². The van der Waals surface area contributed by atoms with Gasteiger partial charge in [-0.15, -0.1) is 0 Å². The van der Waals surface area contributed by atoms with Crippen LogP contribution in [0.15, 0.2) is 0 Å². The predicted octanol–water partition coefficient (Wildman–Crippen LogP) is 1.19. The summed E-state index contributed by atoms with van der Waals surface area (Å²) in [5.74, 6) is 0.150. The molecule has 0 spiro atoms. The van der Waals surface area contributed by atoms with E-state index in [9.17, 15) is 4.79 Å². The van der Waals surface area contributed by atoms with Crippen molar-refractivity contribution in [3.8, 4) is 0 Å². The van der Waals surface area contributed by atoms with Gasteiger partial charge in [-0.2, -0.15) is 0 Å². The average molecular weight is 186 g/mol. The smallest absolute Gasteiger partial charge is 0.239 e. The van der Waals surface area contributed by atoms with Crippen LogP contribution in [0.4, 0.5) is 0 Å². The fourth-order valence-electron chi connectivity index (χ4n) is 1.12. The highest BCUT2D eigenvalue weighted by atomic mass is 16.2. The van der Waals surface area contributed by atoms with Crippen LogP contribution in [0.1, 0.15) is 27.7 Å². The van der Waals surface area contributed by atoms with Crippen LogP contribution in [0, 0.1) is 0 Å². The lowest BCUT2D eigenvalue weighted by atomic mass is 10.0. The maximum atomic E-state index is 11.6. The van der Waals surface area contributed by atoms with Gasteiger partial charge in [0.1, 0.15) is 0 Å². The molecule has 0 heterocycles. The molecule has 0 N–H and O–H groups in total. The Balaban J connectivity index is 4.43. The fraction of sp³-hybridized carbons (Fsp3) is 0.900. The first kappa shape index (κ1) is 12.4. The monoisotopic (exact) mass is 186 g/mol. The minimum absolute atomic E-state index is 0.0328. The van der Waals surface area contributed by atoms with Gasteiger partial charge in [0, 0.05) is 19.6 Å². The molecule has 0 bridgehead atoms. The largest absolute Gasteiger partial charge is 0.347 e. The Morgan fingerprint density at radius 2 is 1.54 bits per heavy atom. The van der Waals surface area contributed by atoms with E-state index >= 15 is 0 Å². The molecule has 0 radical (unpaired) electrons. The van der Waals surface area contributed by atoms with E-state index in [4.69, 9.17) is 0 Å². The van der Waals surface area contributed by atoms with E-state index < -0.39 is 0 Å². The van der Waals surface area contributed by atoms with E-state index in [-0.39, 0.29) is 17.5 Å². The van der Waals surface area contributed by atoms with E-state index in [1.165, 1.54) is 0 Å². The Labute approximate surface area is 81.7 Å². The van der Waals surface area contributed by atoms with E-state index in [1.54, 1.807) is 19.0 Å². The highest BCUT2D eigenvalue weighted by molar-refractivity contribution is 5.80. The van der Waals surface area contributed by atoms with E-state index in [1.807, 2.05) is 14.0 Å². The Morgan fingerprint density at radius 3 is 1.77 bits per heavy atom. The van der Waals surface area contributed by atoms with Crippen LogP contribution in [0.2, 0.25) is 0 Å². The molecule has 3 heteroatoms. The van der Waals surface area contributed by atoms with Crippen molar-refractivity contribution in [3.63, 3.8) is 0 Å². The summed E-state index contributed by atoms with van der Waals surface area (Å²) in [5.41, 5.74) is 0.0328. The normalized spacial score (nSPS) is 14.5. The molecular formula is C10H22N2O. The zero-order chi connectivity index (χ0) is 10.8. The minimum Gasteiger partial charge on any atom is -0.347 e. The van der Waals surface area contributed by atoms with Crippen LogP contribution in [0.5, 0.6) is 0 Å². The lowest BCUT2D eigenvalue weighted by Crippen LogP contribution is -2.50. The number of amides is 1. The number of hydrogen-bond donors (Lipinski definition) is 0. The third-order valence-corrected chi connectivity index (χ3v) is 2.44. The lowest BCUT2D eigenvalue weighted by molar-refractivity contribution is -0.135. The molecule has 0 rings (SSSR count). The Bertz CT molecular complexity index is 182. The molecule has 0 aromatic rings. The second kappa shape index (κ2) is 4.09. The maximum absolute atomic E-state index is 11.6. The predicted molar refractivity (Wildman–Crippen MR) is 55.7 cm³/mol. The first-order chi connectivity index (χ1) is 5.68. The summed E-state index contributed by atoms with van der Waals surface area (Å²) in [6.07, 6.45) is 0. The second-order valence-electron chi connectivity index (χ2n) is 4.69. The summed E-state index contributed by atoms with van der Waals surface area (Å²) < 4.78 is 0. The van der Waals surface area contributed by atoms with Gasteiger partial charge in [-0.1, -0.05) is 0 Å². The lowest BCUT2D eigenvalue weighted by Gasteiger charge is -2.37. The first-order valence-electron chi connectivity index (χ1n) is 4.62. The van der Waals surface area contributed by atoms with Gasteiger partial charge in [-0.3, -0.25) is 9.69 Å². The van der Waals surface area contributed by atoms with Gasteiger partial charge < -0.3 is 4.90 Å². The van der Waals surface area contributed by atoms with Gasteiger partial charge in [-0.05, 0) is 34.7 Å².